The smallest absolute Gasteiger partial charge is 1.00 e. The van der Waals surface area contributed by atoms with Crippen molar-refractivity contribution in [3.05, 3.63) is 201 Å². The second-order valence-corrected chi connectivity index (χ2v) is 10.8. The molecule has 0 atom stereocenters. The molecule has 8 aromatic heterocycles. The Hall–Kier alpha value is -3.51. The van der Waals surface area contributed by atoms with Crippen molar-refractivity contribution in [2.24, 2.45) is 0 Å². The molecule has 0 aliphatic heterocycles. The van der Waals surface area contributed by atoms with Crippen molar-refractivity contribution in [1.82, 2.24) is 19.9 Å². The van der Waals surface area contributed by atoms with Crippen LogP contribution in [0.15, 0.2) is 196 Å². The van der Waals surface area contributed by atoms with Crippen molar-refractivity contribution in [2.45, 2.75) is 0 Å². The second kappa shape index (κ2) is 39.1. The van der Waals surface area contributed by atoms with Crippen LogP contribution in [-0.4, -0.2) is 88.0 Å². The molecular formula is C40H35Bi2Cl8N8O4. The largest absolute Gasteiger partial charge is 3.00 e. The fourth-order valence-electron chi connectivity index (χ4n) is 4.62. The van der Waals surface area contributed by atoms with E-state index in [1.54, 1.807) is 98.9 Å². The number of hydrogen-bond donors (Lipinski definition) is 3. The molecule has 0 bridgehead atoms. The van der Waals surface area contributed by atoms with Crippen molar-refractivity contribution in [2.75, 3.05) is 0 Å². The summed E-state index contributed by atoms with van der Waals surface area (Å²) < 4.78 is 3.82. The van der Waals surface area contributed by atoms with Gasteiger partial charge in [0.25, 0.3) is 0 Å². The molecular weight excluding hydrogens is 1360 g/mol. The first-order valence-corrected chi connectivity index (χ1v) is 15.9. The summed E-state index contributed by atoms with van der Waals surface area (Å²) in [5.74, 6) is 0. The van der Waals surface area contributed by atoms with Gasteiger partial charge in [-0.1, -0.05) is 0 Å². The molecule has 3 N–H and O–H groups in total. The van der Waals surface area contributed by atoms with E-state index in [2.05, 4.69) is 19.9 Å². The van der Waals surface area contributed by atoms with Gasteiger partial charge in [0.05, 0.1) is 0 Å². The Morgan fingerprint density at radius 1 is 0.290 bits per heavy atom. The molecule has 0 aliphatic carbocycles. The average Bonchev–Trinajstić information content (AvgIpc) is 3.21. The zero-order chi connectivity index (χ0) is 36.4. The molecule has 62 heavy (non-hydrogen) atoms. The zero-order valence-corrected chi connectivity index (χ0v) is 44.7. The van der Waals surface area contributed by atoms with E-state index in [-0.39, 0.29) is 152 Å². The van der Waals surface area contributed by atoms with Gasteiger partial charge in [-0.3, -0.25) is 35.6 Å². The van der Waals surface area contributed by atoms with Crippen LogP contribution in [0.2, 0.25) is 0 Å². The summed E-state index contributed by atoms with van der Waals surface area (Å²) in [6, 6.07) is 30.0. The van der Waals surface area contributed by atoms with E-state index in [0.717, 1.165) is 63.4 Å². The van der Waals surface area contributed by atoms with Crippen LogP contribution < -0.4 is 118 Å². The van der Waals surface area contributed by atoms with E-state index in [9.17, 15) is 5.21 Å². The number of pyridine rings is 8. The monoisotopic (exact) mass is 1390 g/mol. The van der Waals surface area contributed by atoms with Crippen molar-refractivity contribution in [3.8, 4) is 44.5 Å². The molecule has 0 unspecified atom stereocenters. The summed E-state index contributed by atoms with van der Waals surface area (Å²) in [7, 11) is 0. The van der Waals surface area contributed by atoms with Gasteiger partial charge in [-0.15, -0.1) is 0 Å². The minimum atomic E-state index is 0. The van der Waals surface area contributed by atoms with Crippen LogP contribution in [0.25, 0.3) is 44.5 Å². The standard InChI is InChI=1S/3C10H9N2O.C10H8N2O.2Bi.8ClH/c4*13-12-7-3-10(4-8-12)9-1-5-11-6-2-9;;;;;;;;;;/h3*1-8,13H;1-8H;;;8*1H/q3*+1;;+2;+3;;;;;;;;/p-8. The van der Waals surface area contributed by atoms with Crippen molar-refractivity contribution in [3.63, 3.8) is 0 Å². The number of hydrogen-bond acceptors (Lipinski definition) is 8. The van der Waals surface area contributed by atoms with Crippen LogP contribution in [0.1, 0.15) is 0 Å². The maximum atomic E-state index is 10.8. The first-order chi connectivity index (χ1) is 25.4. The molecule has 0 saturated carbocycles. The summed E-state index contributed by atoms with van der Waals surface area (Å²) >= 11 is 0. The molecule has 325 valence electrons. The first kappa shape index (κ1) is 70.2. The van der Waals surface area contributed by atoms with Crippen molar-refractivity contribution in [1.29, 1.82) is 0 Å². The Bertz CT molecular complexity index is 1900. The van der Waals surface area contributed by atoms with Gasteiger partial charge in [-0.2, -0.15) is 4.73 Å². The van der Waals surface area contributed by atoms with Gasteiger partial charge in [0, 0.05) is 112 Å². The van der Waals surface area contributed by atoms with Gasteiger partial charge in [-0.05, 0) is 93.0 Å². The van der Waals surface area contributed by atoms with Gasteiger partial charge >= 0.3 is 52.4 Å². The number of nitrogens with zero attached hydrogens (tertiary/aromatic N) is 8. The van der Waals surface area contributed by atoms with Gasteiger partial charge in [-0.25, -0.2) is 0 Å². The van der Waals surface area contributed by atoms with Crippen molar-refractivity contribution >= 4 is 52.4 Å². The minimum Gasteiger partial charge on any atom is -1.00 e. The van der Waals surface area contributed by atoms with Crippen LogP contribution in [0, 0.1) is 5.21 Å². The van der Waals surface area contributed by atoms with E-state index in [4.69, 9.17) is 15.6 Å². The molecule has 0 amide bonds. The van der Waals surface area contributed by atoms with Gasteiger partial charge in [0.2, 0.25) is 37.2 Å². The van der Waals surface area contributed by atoms with E-state index in [1.165, 1.54) is 12.4 Å². The third-order valence-electron chi connectivity index (χ3n) is 7.30. The molecule has 8 rings (SSSR count). The van der Waals surface area contributed by atoms with Crippen LogP contribution in [-0.2, 0) is 0 Å². The molecule has 12 nitrogen and oxygen atoms in total. The fourth-order valence-corrected chi connectivity index (χ4v) is 4.62. The molecule has 0 aliphatic rings. The quantitative estimate of drug-likeness (QED) is 0.0682. The SMILES string of the molecule is O[n+]1ccc(-c2ccncc2)cc1.O[n+]1ccc(-c2ccncc2)cc1.O[n+]1ccc(-c2ccncc2)cc1.[Bi+2].[Bi+3].[Cl-].[Cl-].[Cl-].[Cl-].[Cl-].[Cl-].[Cl-].[Cl-].[O-][n+]1ccc(-c2ccncc2)cc1. The Kier molecular flexibility index (Phi) is 44.3. The molecule has 5 radical (unpaired) electrons. The summed E-state index contributed by atoms with van der Waals surface area (Å²) in [5.41, 5.74) is 8.56. The molecule has 0 aromatic carbocycles. The van der Waals surface area contributed by atoms with Gasteiger partial charge in [0.15, 0.2) is 12.4 Å². The fraction of sp³-hybridized carbons (Fsp3) is 0. The minimum absolute atomic E-state index is 0. The predicted octanol–water partition coefficient (Wildman–Crippen LogP) is -19.5. The van der Waals surface area contributed by atoms with Crippen molar-refractivity contribution < 1.29 is 134 Å². The number of halogens is 8. The van der Waals surface area contributed by atoms with E-state index in [1.807, 2.05) is 84.9 Å². The topological polar surface area (TPSA) is 151 Å². The van der Waals surface area contributed by atoms with Gasteiger partial charge in [0.1, 0.15) is 0 Å². The van der Waals surface area contributed by atoms with E-state index >= 15 is 0 Å². The summed E-state index contributed by atoms with van der Waals surface area (Å²) in [6.07, 6.45) is 26.5. The number of rotatable bonds is 4. The Morgan fingerprint density at radius 2 is 0.435 bits per heavy atom. The third kappa shape index (κ3) is 24.4. The Balaban J connectivity index is -0.000000160. The van der Waals surface area contributed by atoms with Crippen LogP contribution in [0.5, 0.6) is 0 Å². The van der Waals surface area contributed by atoms with E-state index in [0.29, 0.717) is 0 Å². The maximum absolute atomic E-state index is 10.8. The molecule has 22 heteroatoms. The predicted molar refractivity (Wildman–Crippen MR) is 201 cm³/mol. The normalized spacial score (nSPS) is 8.26. The summed E-state index contributed by atoms with van der Waals surface area (Å²) in [4.78, 5) is 15.7. The van der Waals surface area contributed by atoms with E-state index < -0.39 is 0 Å². The molecule has 8 heterocycles. The molecule has 0 spiro atoms. The third-order valence-corrected chi connectivity index (χ3v) is 7.30. The zero-order valence-electron chi connectivity index (χ0n) is 31.7. The van der Waals surface area contributed by atoms with Gasteiger partial charge < -0.3 is 104 Å². The average molecular weight is 1390 g/mol. The Morgan fingerprint density at radius 3 is 0.613 bits per heavy atom. The van der Waals surface area contributed by atoms with Crippen LogP contribution in [0.3, 0.4) is 0 Å². The summed E-state index contributed by atoms with van der Waals surface area (Å²) in [5, 5.41) is 37.8. The second-order valence-electron chi connectivity index (χ2n) is 10.8. The molecule has 0 saturated heterocycles. The molecule has 0 fully saturated rings. The molecule has 8 aromatic rings. The Labute approximate surface area is 447 Å². The van der Waals surface area contributed by atoms with Crippen LogP contribution in [0.4, 0.5) is 0 Å². The number of aromatic nitrogens is 8. The summed E-state index contributed by atoms with van der Waals surface area (Å²) in [6.45, 7) is 0. The first-order valence-electron chi connectivity index (χ1n) is 15.9. The maximum Gasteiger partial charge on any atom is 3.00 e. The van der Waals surface area contributed by atoms with Crippen LogP contribution >= 0.6 is 0 Å².